The first-order valence-electron chi connectivity index (χ1n) is 9.35. The Labute approximate surface area is 156 Å². The highest BCUT2D eigenvalue weighted by Crippen LogP contribution is 2.46. The lowest BCUT2D eigenvalue weighted by Gasteiger charge is -2.44. The zero-order valence-corrected chi connectivity index (χ0v) is 16.5. The normalized spacial score (nSPS) is 22.6. The number of methoxy groups -OCH3 is 1. The van der Waals surface area contributed by atoms with Gasteiger partial charge in [-0.05, 0) is 48.3 Å². The zero-order chi connectivity index (χ0) is 19.1. The maximum atomic E-state index is 9.52. The molecule has 1 fully saturated rings. The molecule has 3 atom stereocenters. The summed E-state index contributed by atoms with van der Waals surface area (Å²) in [7, 11) is 1.68. The minimum Gasteiger partial charge on any atom is -0.492 e. The molecule has 0 unspecified atom stereocenters. The average molecular weight is 357 g/mol. The number of hydrogen-bond donors (Lipinski definition) is 2. The molecule has 3 rings (SSSR count). The largest absolute Gasteiger partial charge is 0.492 e. The molecule has 0 saturated heterocycles. The third kappa shape index (κ3) is 3.40. The molecule has 3 N–H and O–H groups in total. The monoisotopic (exact) mass is 357 g/mol. The third-order valence-corrected chi connectivity index (χ3v) is 5.73. The molecule has 142 valence electrons. The van der Waals surface area contributed by atoms with Crippen LogP contribution < -0.4 is 15.2 Å². The van der Waals surface area contributed by atoms with E-state index in [1.54, 1.807) is 7.11 Å². The summed E-state index contributed by atoms with van der Waals surface area (Å²) in [4.78, 5) is 0. The lowest BCUT2D eigenvalue weighted by molar-refractivity contribution is -0.0190. The Morgan fingerprint density at radius 3 is 2.38 bits per heavy atom. The van der Waals surface area contributed by atoms with Crippen molar-refractivity contribution in [1.29, 1.82) is 0 Å². The molecular weight excluding hydrogens is 326 g/mol. The van der Waals surface area contributed by atoms with Crippen LogP contribution in [0.15, 0.2) is 30.3 Å². The van der Waals surface area contributed by atoms with Crippen molar-refractivity contribution in [2.45, 2.75) is 52.2 Å². The first-order valence-corrected chi connectivity index (χ1v) is 9.35. The molecule has 0 aliphatic heterocycles. The minimum absolute atomic E-state index is 0.104. The van der Waals surface area contributed by atoms with Gasteiger partial charge in [-0.25, -0.2) is 0 Å². The average Bonchev–Trinajstić information content (AvgIpc) is 2.56. The summed E-state index contributed by atoms with van der Waals surface area (Å²) in [6.45, 7) is 8.55. The van der Waals surface area contributed by atoms with E-state index in [0.29, 0.717) is 5.92 Å². The van der Waals surface area contributed by atoms with Crippen molar-refractivity contribution in [3.63, 3.8) is 0 Å². The Morgan fingerprint density at radius 1 is 1.12 bits per heavy atom. The second-order valence-electron chi connectivity index (χ2n) is 8.81. The summed E-state index contributed by atoms with van der Waals surface area (Å²) < 4.78 is 12.0. The van der Waals surface area contributed by atoms with Crippen LogP contribution in [0.3, 0.4) is 0 Å². The fourth-order valence-electron chi connectivity index (χ4n) is 3.80. The summed E-state index contributed by atoms with van der Waals surface area (Å²) in [6, 6.07) is 9.98. The van der Waals surface area contributed by atoms with Crippen LogP contribution in [0.2, 0.25) is 0 Å². The van der Waals surface area contributed by atoms with E-state index in [-0.39, 0.29) is 18.1 Å². The Hall–Kier alpha value is -1.78. The number of fused-ring (bicyclic) bond motifs is 1. The van der Waals surface area contributed by atoms with Gasteiger partial charge in [-0.1, -0.05) is 39.0 Å². The Balaban J connectivity index is 1.94. The van der Waals surface area contributed by atoms with Gasteiger partial charge in [0, 0.05) is 11.3 Å². The van der Waals surface area contributed by atoms with Crippen molar-refractivity contribution < 1.29 is 14.6 Å². The van der Waals surface area contributed by atoms with E-state index >= 15 is 0 Å². The Bertz CT molecular complexity index is 792. The molecule has 0 spiro atoms. The first-order chi connectivity index (χ1) is 12.2. The molecule has 2 aromatic rings. The number of nitrogens with two attached hydrogens (primary N) is 1. The lowest BCUT2D eigenvalue weighted by atomic mass is 9.66. The van der Waals surface area contributed by atoms with E-state index in [2.05, 4.69) is 20.8 Å². The molecule has 0 amide bonds. The van der Waals surface area contributed by atoms with Gasteiger partial charge in [-0.3, -0.25) is 0 Å². The van der Waals surface area contributed by atoms with Gasteiger partial charge < -0.3 is 20.3 Å². The van der Waals surface area contributed by atoms with Crippen molar-refractivity contribution in [2.75, 3.05) is 13.7 Å². The van der Waals surface area contributed by atoms with Crippen LogP contribution in [0.1, 0.15) is 46.1 Å². The topological polar surface area (TPSA) is 64.7 Å². The van der Waals surface area contributed by atoms with E-state index in [1.165, 1.54) is 6.42 Å². The fourth-order valence-corrected chi connectivity index (χ4v) is 3.80. The highest BCUT2D eigenvalue weighted by molar-refractivity contribution is 5.91. The van der Waals surface area contributed by atoms with E-state index in [9.17, 15) is 5.11 Å². The number of ether oxygens (including phenoxy) is 2. The van der Waals surface area contributed by atoms with Gasteiger partial charge in [0.25, 0.3) is 0 Å². The van der Waals surface area contributed by atoms with Crippen molar-refractivity contribution in [3.05, 3.63) is 35.9 Å². The van der Waals surface area contributed by atoms with Gasteiger partial charge >= 0.3 is 0 Å². The second-order valence-corrected chi connectivity index (χ2v) is 8.81. The zero-order valence-electron chi connectivity index (χ0n) is 16.5. The predicted molar refractivity (Wildman–Crippen MR) is 106 cm³/mol. The smallest absolute Gasteiger partial charge is 0.168 e. The summed E-state index contributed by atoms with van der Waals surface area (Å²) in [5, 5.41) is 11.5. The molecule has 1 aliphatic rings. The molecule has 1 saturated carbocycles. The van der Waals surface area contributed by atoms with Crippen LogP contribution in [0.5, 0.6) is 11.5 Å². The molecular formula is C22H31NO3. The van der Waals surface area contributed by atoms with Gasteiger partial charge in [0.15, 0.2) is 11.5 Å². The van der Waals surface area contributed by atoms with Gasteiger partial charge in [0.05, 0.1) is 19.3 Å². The van der Waals surface area contributed by atoms with Crippen molar-refractivity contribution in [3.8, 4) is 11.5 Å². The number of aliphatic hydroxyl groups excluding tert-OH is 1. The molecule has 4 heteroatoms. The molecule has 0 aromatic heterocycles. The molecule has 4 nitrogen and oxygen atoms in total. The van der Waals surface area contributed by atoms with Gasteiger partial charge in [-0.15, -0.1) is 0 Å². The quantitative estimate of drug-likeness (QED) is 0.841. The highest BCUT2D eigenvalue weighted by atomic mass is 16.5. The van der Waals surface area contributed by atoms with Crippen LogP contribution >= 0.6 is 0 Å². The van der Waals surface area contributed by atoms with E-state index in [0.717, 1.165) is 34.3 Å². The summed E-state index contributed by atoms with van der Waals surface area (Å²) in [5.74, 6) is 2.12. The molecule has 1 aliphatic carbocycles. The van der Waals surface area contributed by atoms with Crippen molar-refractivity contribution in [1.82, 2.24) is 0 Å². The van der Waals surface area contributed by atoms with Crippen LogP contribution in [-0.2, 0) is 5.54 Å². The van der Waals surface area contributed by atoms with E-state index < -0.39 is 5.54 Å². The van der Waals surface area contributed by atoms with E-state index in [1.807, 2.05) is 37.3 Å². The molecule has 0 bridgehead atoms. The number of aliphatic hydroxyl groups is 1. The fraction of sp³-hybridized carbons (Fsp3) is 0.545. The van der Waals surface area contributed by atoms with Gasteiger partial charge in [0.1, 0.15) is 6.10 Å². The standard InChI is InChI=1S/C22H31NO3/c1-21(2,3)17-9-11-18(17)26-19-10-6-14-12-15(22(4,23)13-24)7-8-16(14)20(19)25-5/h6-8,10,12,17-18,24H,9,11,13,23H2,1-5H3/t17-,18-,22-/m0/s1. The predicted octanol–water partition coefficient (Wildman–Crippen LogP) is 4.22. The van der Waals surface area contributed by atoms with Gasteiger partial charge in [0.2, 0.25) is 0 Å². The van der Waals surface area contributed by atoms with Crippen molar-refractivity contribution >= 4 is 10.8 Å². The number of rotatable bonds is 5. The lowest BCUT2D eigenvalue weighted by Crippen LogP contribution is -2.44. The van der Waals surface area contributed by atoms with Gasteiger partial charge in [-0.2, -0.15) is 0 Å². The maximum Gasteiger partial charge on any atom is 0.168 e. The first kappa shape index (κ1) is 19.0. The Morgan fingerprint density at radius 2 is 1.85 bits per heavy atom. The second kappa shape index (κ2) is 6.75. The van der Waals surface area contributed by atoms with Crippen LogP contribution in [0, 0.1) is 11.3 Å². The van der Waals surface area contributed by atoms with Crippen LogP contribution in [0.25, 0.3) is 10.8 Å². The molecule has 2 aromatic carbocycles. The van der Waals surface area contributed by atoms with Crippen molar-refractivity contribution in [2.24, 2.45) is 17.1 Å². The summed E-state index contributed by atoms with van der Waals surface area (Å²) >= 11 is 0. The molecule has 26 heavy (non-hydrogen) atoms. The minimum atomic E-state index is -0.761. The van der Waals surface area contributed by atoms with Crippen LogP contribution in [0.4, 0.5) is 0 Å². The Kier molecular flexibility index (Phi) is 4.93. The molecule has 0 radical (unpaired) electrons. The summed E-state index contributed by atoms with van der Waals surface area (Å²) in [6.07, 6.45) is 2.54. The third-order valence-electron chi connectivity index (χ3n) is 5.73. The highest BCUT2D eigenvalue weighted by Gasteiger charge is 2.41. The number of hydrogen-bond acceptors (Lipinski definition) is 4. The molecule has 0 heterocycles. The van der Waals surface area contributed by atoms with E-state index in [4.69, 9.17) is 15.2 Å². The maximum absolute atomic E-state index is 9.52. The summed E-state index contributed by atoms with van der Waals surface area (Å²) in [5.41, 5.74) is 6.55. The van der Waals surface area contributed by atoms with Crippen LogP contribution in [-0.4, -0.2) is 24.9 Å². The SMILES string of the molecule is COc1c(O[C@H]2CC[C@@H]2C(C)(C)C)ccc2cc([C@@](C)(N)CO)ccc12. The number of benzene rings is 2.